The van der Waals surface area contributed by atoms with Gasteiger partial charge in [0.1, 0.15) is 0 Å². The number of carbonyl (C=O) groups excluding carboxylic acids is 1. The van der Waals surface area contributed by atoms with Crippen LogP contribution in [0.3, 0.4) is 0 Å². The fourth-order valence-corrected chi connectivity index (χ4v) is 3.18. The molecule has 0 fully saturated rings. The molecule has 0 aliphatic carbocycles. The number of carbonyl (C=O) groups is 3. The third-order valence-corrected chi connectivity index (χ3v) is 4.50. The largest absolute Gasteiger partial charge is 0.480 e. The molecule has 3 aromatic rings. The molecular formula is C19H11ClF3NO5. The normalized spacial score (nSPS) is 11.8. The summed E-state index contributed by atoms with van der Waals surface area (Å²) in [6, 6.07) is 7.61. The standard InChI is InChI=1S/C19H11ClF3NO5/c20-10-4-5-11-12(7-10)24-15(13(11)14(17(26)27)18(28)29)16(25)8-2-1-3-9(6-8)19(21,22)23/h1-7,14,24H,(H,26,27)(H,28,29). The van der Waals surface area contributed by atoms with Crippen molar-refractivity contribution in [3.63, 3.8) is 0 Å². The van der Waals surface area contributed by atoms with E-state index in [9.17, 15) is 37.8 Å². The van der Waals surface area contributed by atoms with Gasteiger partial charge in [-0.2, -0.15) is 13.2 Å². The van der Waals surface area contributed by atoms with Crippen LogP contribution in [0.5, 0.6) is 0 Å². The number of carboxylic acid groups (broad SMARTS) is 2. The summed E-state index contributed by atoms with van der Waals surface area (Å²) in [5.41, 5.74) is -2.07. The molecule has 150 valence electrons. The SMILES string of the molecule is O=C(c1cccc(C(F)(F)F)c1)c1[nH]c2cc(Cl)ccc2c1C(C(=O)O)C(=O)O. The highest BCUT2D eigenvalue weighted by Crippen LogP contribution is 2.34. The maximum Gasteiger partial charge on any atom is 0.416 e. The summed E-state index contributed by atoms with van der Waals surface area (Å²) in [7, 11) is 0. The van der Waals surface area contributed by atoms with E-state index in [0.717, 1.165) is 18.2 Å². The molecule has 0 aliphatic rings. The number of alkyl halides is 3. The van der Waals surface area contributed by atoms with Crippen LogP contribution >= 0.6 is 11.6 Å². The van der Waals surface area contributed by atoms with Crippen LogP contribution in [0, 0.1) is 0 Å². The predicted octanol–water partition coefficient (Wildman–Crippen LogP) is 4.32. The van der Waals surface area contributed by atoms with E-state index in [1.807, 2.05) is 0 Å². The Kier molecular flexibility index (Phi) is 5.10. The Balaban J connectivity index is 2.26. The van der Waals surface area contributed by atoms with Crippen molar-refractivity contribution >= 4 is 40.2 Å². The Morgan fingerprint density at radius 3 is 2.24 bits per heavy atom. The number of ketones is 1. The summed E-state index contributed by atoms with van der Waals surface area (Å²) in [4.78, 5) is 38.7. The number of aromatic nitrogens is 1. The van der Waals surface area contributed by atoms with Crippen molar-refractivity contribution in [3.05, 3.63) is 69.9 Å². The topological polar surface area (TPSA) is 107 Å². The number of aromatic amines is 1. The van der Waals surface area contributed by atoms with Crippen LogP contribution in [-0.4, -0.2) is 32.9 Å². The van der Waals surface area contributed by atoms with Crippen molar-refractivity contribution < 1.29 is 37.8 Å². The van der Waals surface area contributed by atoms with E-state index in [2.05, 4.69) is 4.98 Å². The van der Waals surface area contributed by atoms with Crippen molar-refractivity contribution in [2.45, 2.75) is 12.1 Å². The van der Waals surface area contributed by atoms with Crippen LogP contribution in [0.2, 0.25) is 5.02 Å². The first kappa shape index (κ1) is 20.4. The molecule has 29 heavy (non-hydrogen) atoms. The highest BCUT2D eigenvalue weighted by molar-refractivity contribution is 6.31. The molecule has 2 aromatic carbocycles. The first-order valence-electron chi connectivity index (χ1n) is 7.99. The van der Waals surface area contributed by atoms with Gasteiger partial charge in [-0.15, -0.1) is 0 Å². The van der Waals surface area contributed by atoms with E-state index in [1.54, 1.807) is 0 Å². The Labute approximate surface area is 165 Å². The summed E-state index contributed by atoms with van der Waals surface area (Å²) in [5.74, 6) is -6.56. The molecule has 0 saturated heterocycles. The number of fused-ring (bicyclic) bond motifs is 1. The number of benzene rings is 2. The van der Waals surface area contributed by atoms with Gasteiger partial charge in [0.05, 0.1) is 11.3 Å². The first-order valence-corrected chi connectivity index (χ1v) is 8.37. The zero-order chi connectivity index (χ0) is 21.5. The number of nitrogens with one attached hydrogen (secondary N) is 1. The molecular weight excluding hydrogens is 415 g/mol. The van der Waals surface area contributed by atoms with E-state index in [-0.39, 0.29) is 27.1 Å². The smallest absolute Gasteiger partial charge is 0.416 e. The average molecular weight is 426 g/mol. The van der Waals surface area contributed by atoms with Crippen molar-refractivity contribution in [2.75, 3.05) is 0 Å². The minimum absolute atomic E-state index is 0.111. The quantitative estimate of drug-likeness (QED) is 0.417. The summed E-state index contributed by atoms with van der Waals surface area (Å²) in [6.07, 6.45) is -4.70. The van der Waals surface area contributed by atoms with Gasteiger partial charge in [-0.1, -0.05) is 29.8 Å². The van der Waals surface area contributed by atoms with Crippen molar-refractivity contribution in [2.24, 2.45) is 0 Å². The van der Waals surface area contributed by atoms with E-state index < -0.39 is 41.1 Å². The monoisotopic (exact) mass is 425 g/mol. The van der Waals surface area contributed by atoms with Crippen LogP contribution in [0.1, 0.15) is 33.1 Å². The fourth-order valence-electron chi connectivity index (χ4n) is 3.00. The second-order valence-corrected chi connectivity index (χ2v) is 6.56. The molecule has 0 atom stereocenters. The van der Waals surface area contributed by atoms with Crippen molar-refractivity contribution in [3.8, 4) is 0 Å². The lowest BCUT2D eigenvalue weighted by atomic mass is 9.92. The molecule has 0 saturated carbocycles. The lowest BCUT2D eigenvalue weighted by Crippen LogP contribution is -2.23. The van der Waals surface area contributed by atoms with Gasteiger partial charge in [-0.25, -0.2) is 0 Å². The highest BCUT2D eigenvalue weighted by Gasteiger charge is 2.36. The van der Waals surface area contributed by atoms with E-state index in [1.165, 1.54) is 18.2 Å². The van der Waals surface area contributed by atoms with E-state index in [4.69, 9.17) is 11.6 Å². The maximum atomic E-state index is 13.0. The number of rotatable bonds is 5. The molecule has 3 rings (SSSR count). The molecule has 0 spiro atoms. The first-order chi connectivity index (χ1) is 13.5. The second kappa shape index (κ2) is 7.25. The third-order valence-electron chi connectivity index (χ3n) is 4.26. The minimum atomic E-state index is -4.70. The van der Waals surface area contributed by atoms with Crippen LogP contribution in [-0.2, 0) is 15.8 Å². The zero-order valence-electron chi connectivity index (χ0n) is 14.2. The number of aliphatic carboxylic acids is 2. The van der Waals surface area contributed by atoms with E-state index >= 15 is 0 Å². The molecule has 0 amide bonds. The van der Waals surface area contributed by atoms with Crippen LogP contribution in [0.25, 0.3) is 10.9 Å². The lowest BCUT2D eigenvalue weighted by Gasteiger charge is -2.11. The molecule has 6 nitrogen and oxygen atoms in total. The summed E-state index contributed by atoms with van der Waals surface area (Å²) < 4.78 is 38.9. The van der Waals surface area contributed by atoms with Gasteiger partial charge < -0.3 is 15.2 Å². The van der Waals surface area contributed by atoms with Gasteiger partial charge in [0.15, 0.2) is 5.92 Å². The molecule has 1 heterocycles. The maximum absolute atomic E-state index is 13.0. The Morgan fingerprint density at radius 2 is 1.66 bits per heavy atom. The number of hydrogen-bond acceptors (Lipinski definition) is 3. The van der Waals surface area contributed by atoms with E-state index in [0.29, 0.717) is 6.07 Å². The molecule has 0 bridgehead atoms. The molecule has 1 aromatic heterocycles. The Bertz CT molecular complexity index is 1140. The third kappa shape index (κ3) is 3.81. The summed E-state index contributed by atoms with van der Waals surface area (Å²) in [5, 5.41) is 19.1. The Hall–Kier alpha value is -3.33. The second-order valence-electron chi connectivity index (χ2n) is 6.12. The van der Waals surface area contributed by atoms with Gasteiger partial charge in [0.25, 0.3) is 0 Å². The molecule has 0 aliphatic heterocycles. The minimum Gasteiger partial charge on any atom is -0.480 e. The zero-order valence-corrected chi connectivity index (χ0v) is 15.0. The number of halogens is 4. The summed E-state index contributed by atoms with van der Waals surface area (Å²) in [6.45, 7) is 0. The van der Waals surface area contributed by atoms with Gasteiger partial charge in [0, 0.05) is 27.1 Å². The van der Waals surface area contributed by atoms with Crippen molar-refractivity contribution in [1.82, 2.24) is 4.98 Å². The molecule has 0 unspecified atom stereocenters. The molecule has 3 N–H and O–H groups in total. The lowest BCUT2D eigenvalue weighted by molar-refractivity contribution is -0.150. The van der Waals surface area contributed by atoms with Gasteiger partial charge in [0.2, 0.25) is 5.78 Å². The van der Waals surface area contributed by atoms with Crippen LogP contribution in [0.15, 0.2) is 42.5 Å². The van der Waals surface area contributed by atoms with Gasteiger partial charge in [-0.3, -0.25) is 14.4 Å². The number of carboxylic acids is 2. The number of H-pyrrole nitrogens is 1. The molecule has 0 radical (unpaired) electrons. The number of hydrogen-bond donors (Lipinski definition) is 3. The highest BCUT2D eigenvalue weighted by atomic mass is 35.5. The Morgan fingerprint density at radius 1 is 1.00 bits per heavy atom. The van der Waals surface area contributed by atoms with Gasteiger partial charge in [-0.05, 0) is 24.3 Å². The van der Waals surface area contributed by atoms with Crippen LogP contribution in [0.4, 0.5) is 13.2 Å². The average Bonchev–Trinajstić information content (AvgIpc) is 2.98. The predicted molar refractivity (Wildman–Crippen MR) is 96.2 cm³/mol. The van der Waals surface area contributed by atoms with Crippen molar-refractivity contribution in [1.29, 1.82) is 0 Å². The fraction of sp³-hybridized carbons (Fsp3) is 0.105. The summed E-state index contributed by atoms with van der Waals surface area (Å²) >= 11 is 5.89. The molecule has 10 heteroatoms. The van der Waals surface area contributed by atoms with Crippen LogP contribution < -0.4 is 0 Å². The van der Waals surface area contributed by atoms with Gasteiger partial charge >= 0.3 is 18.1 Å².